The van der Waals surface area contributed by atoms with E-state index in [1.165, 1.54) is 12.1 Å². The number of hydrogen-bond donors (Lipinski definition) is 2. The Balaban J connectivity index is 1.85. The van der Waals surface area contributed by atoms with Gasteiger partial charge in [0.2, 0.25) is 0 Å². The molecule has 0 spiro atoms. The Labute approximate surface area is 140 Å². The first-order valence-corrected chi connectivity index (χ1v) is 7.47. The first-order chi connectivity index (χ1) is 11.3. The number of benzene rings is 1. The second-order valence-corrected chi connectivity index (χ2v) is 5.91. The molecule has 4 nitrogen and oxygen atoms in total. The van der Waals surface area contributed by atoms with Crippen LogP contribution in [0.4, 0.5) is 18.0 Å². The molecule has 1 aliphatic carbocycles. The van der Waals surface area contributed by atoms with Crippen LogP contribution in [0.2, 0.25) is 5.15 Å². The van der Waals surface area contributed by atoms with Crippen LogP contribution in [-0.2, 0) is 6.18 Å². The lowest BCUT2D eigenvalue weighted by Crippen LogP contribution is -2.24. The maximum absolute atomic E-state index is 12.8. The van der Waals surface area contributed by atoms with Crippen LogP contribution in [-0.4, -0.2) is 22.2 Å². The Hall–Kier alpha value is -2.28. The number of aromatic nitrogens is 1. The molecular weight excluding hydrogens is 345 g/mol. The Morgan fingerprint density at radius 3 is 2.67 bits per heavy atom. The van der Waals surface area contributed by atoms with Crippen LogP contribution < -0.4 is 5.32 Å². The summed E-state index contributed by atoms with van der Waals surface area (Å²) in [6, 6.07) is 7.91. The first-order valence-electron chi connectivity index (χ1n) is 7.09. The van der Waals surface area contributed by atoms with Gasteiger partial charge in [0.15, 0.2) is 0 Å². The van der Waals surface area contributed by atoms with Gasteiger partial charge >= 0.3 is 12.3 Å². The molecule has 1 saturated carbocycles. The van der Waals surface area contributed by atoms with Crippen LogP contribution in [0.15, 0.2) is 36.4 Å². The molecule has 2 atom stereocenters. The predicted molar refractivity (Wildman–Crippen MR) is 82.0 cm³/mol. The Morgan fingerprint density at radius 1 is 1.29 bits per heavy atom. The molecule has 1 aromatic heterocycles. The van der Waals surface area contributed by atoms with Crippen molar-refractivity contribution >= 4 is 17.7 Å². The third-order valence-electron chi connectivity index (χ3n) is 3.86. The van der Waals surface area contributed by atoms with E-state index in [-0.39, 0.29) is 17.1 Å². The average molecular weight is 357 g/mol. The van der Waals surface area contributed by atoms with Crippen molar-refractivity contribution in [2.75, 3.05) is 0 Å². The number of halogens is 4. The van der Waals surface area contributed by atoms with Gasteiger partial charge in [0.05, 0.1) is 11.3 Å². The van der Waals surface area contributed by atoms with E-state index < -0.39 is 17.8 Å². The molecule has 126 valence electrons. The zero-order valence-corrected chi connectivity index (χ0v) is 12.9. The zero-order chi connectivity index (χ0) is 17.5. The highest BCUT2D eigenvalue weighted by atomic mass is 35.5. The summed E-state index contributed by atoms with van der Waals surface area (Å²) in [6.45, 7) is 0. The average Bonchev–Trinajstić information content (AvgIpc) is 3.24. The molecule has 8 heteroatoms. The SMILES string of the molecule is O=C(O)N[C@@H]1C[C@H]1c1ccc(-c2cccc(C(F)(F)F)c2)nc1Cl. The van der Waals surface area contributed by atoms with Crippen LogP contribution in [0, 0.1) is 0 Å². The number of nitrogens with zero attached hydrogens (tertiary/aromatic N) is 1. The normalized spacial score (nSPS) is 19.8. The maximum Gasteiger partial charge on any atom is 0.416 e. The topological polar surface area (TPSA) is 62.2 Å². The highest BCUT2D eigenvalue weighted by molar-refractivity contribution is 6.30. The van der Waals surface area contributed by atoms with Gasteiger partial charge in [-0.3, -0.25) is 0 Å². The van der Waals surface area contributed by atoms with Gasteiger partial charge < -0.3 is 10.4 Å². The fourth-order valence-electron chi connectivity index (χ4n) is 2.59. The van der Waals surface area contributed by atoms with Crippen LogP contribution >= 0.6 is 11.6 Å². The fourth-order valence-corrected chi connectivity index (χ4v) is 2.89. The molecule has 0 saturated heterocycles. The predicted octanol–water partition coefficient (Wildman–Crippen LogP) is 4.54. The molecule has 0 radical (unpaired) electrons. The Kier molecular flexibility index (Phi) is 4.13. The van der Waals surface area contributed by atoms with Crippen molar-refractivity contribution < 1.29 is 23.1 Å². The molecule has 24 heavy (non-hydrogen) atoms. The van der Waals surface area contributed by atoms with E-state index in [4.69, 9.17) is 16.7 Å². The van der Waals surface area contributed by atoms with Gasteiger partial charge in [0.25, 0.3) is 0 Å². The number of carbonyl (C=O) groups is 1. The molecule has 0 aliphatic heterocycles. The highest BCUT2D eigenvalue weighted by Gasteiger charge is 2.41. The minimum absolute atomic E-state index is 0.0586. The number of amides is 1. The van der Waals surface area contributed by atoms with Gasteiger partial charge in [-0.05, 0) is 30.2 Å². The summed E-state index contributed by atoms with van der Waals surface area (Å²) in [5.74, 6) is -0.0586. The van der Waals surface area contributed by atoms with Crippen molar-refractivity contribution in [3.8, 4) is 11.3 Å². The van der Waals surface area contributed by atoms with Crippen molar-refractivity contribution in [3.63, 3.8) is 0 Å². The molecule has 0 bridgehead atoms. The lowest BCUT2D eigenvalue weighted by molar-refractivity contribution is -0.137. The molecule has 1 aromatic carbocycles. The van der Waals surface area contributed by atoms with E-state index in [0.717, 1.165) is 12.1 Å². The summed E-state index contributed by atoms with van der Waals surface area (Å²) < 4.78 is 38.4. The van der Waals surface area contributed by atoms with E-state index in [0.29, 0.717) is 23.2 Å². The first kappa shape index (κ1) is 16.6. The van der Waals surface area contributed by atoms with Gasteiger partial charge in [-0.25, -0.2) is 9.78 Å². The molecule has 2 aromatic rings. The molecule has 1 heterocycles. The molecule has 3 rings (SSSR count). The quantitative estimate of drug-likeness (QED) is 0.793. The Bertz CT molecular complexity index is 795. The van der Waals surface area contributed by atoms with Crippen LogP contribution in [0.25, 0.3) is 11.3 Å². The third-order valence-corrected chi connectivity index (χ3v) is 4.16. The Morgan fingerprint density at radius 2 is 2.04 bits per heavy atom. The fraction of sp³-hybridized carbons (Fsp3) is 0.250. The van der Waals surface area contributed by atoms with Crippen molar-refractivity contribution in [3.05, 3.63) is 52.7 Å². The number of alkyl halides is 3. The minimum atomic E-state index is -4.43. The molecule has 1 aliphatic rings. The number of nitrogens with one attached hydrogen (secondary N) is 1. The van der Waals surface area contributed by atoms with E-state index in [9.17, 15) is 18.0 Å². The van der Waals surface area contributed by atoms with Gasteiger partial charge in [-0.1, -0.05) is 29.8 Å². The number of pyridine rings is 1. The lowest BCUT2D eigenvalue weighted by Gasteiger charge is -2.10. The van der Waals surface area contributed by atoms with Gasteiger partial charge in [-0.2, -0.15) is 13.2 Å². The minimum Gasteiger partial charge on any atom is -0.465 e. The third kappa shape index (κ3) is 3.46. The van der Waals surface area contributed by atoms with Crippen LogP contribution in [0.3, 0.4) is 0 Å². The van der Waals surface area contributed by atoms with E-state index in [1.54, 1.807) is 12.1 Å². The monoisotopic (exact) mass is 356 g/mol. The summed E-state index contributed by atoms with van der Waals surface area (Å²) >= 11 is 6.14. The van der Waals surface area contributed by atoms with Gasteiger partial charge in [0, 0.05) is 17.5 Å². The van der Waals surface area contributed by atoms with Crippen molar-refractivity contribution in [1.29, 1.82) is 0 Å². The second kappa shape index (κ2) is 5.98. The second-order valence-electron chi connectivity index (χ2n) is 5.55. The largest absolute Gasteiger partial charge is 0.465 e. The summed E-state index contributed by atoms with van der Waals surface area (Å²) in [6.07, 6.45) is -4.91. The summed E-state index contributed by atoms with van der Waals surface area (Å²) in [5.41, 5.74) is 0.577. The van der Waals surface area contributed by atoms with Crippen LogP contribution in [0.5, 0.6) is 0 Å². The molecule has 1 amide bonds. The van der Waals surface area contributed by atoms with Crippen molar-refractivity contribution in [1.82, 2.24) is 10.3 Å². The smallest absolute Gasteiger partial charge is 0.416 e. The summed E-state index contributed by atoms with van der Waals surface area (Å²) in [7, 11) is 0. The molecule has 2 N–H and O–H groups in total. The number of rotatable bonds is 3. The zero-order valence-electron chi connectivity index (χ0n) is 12.1. The number of hydrogen-bond acceptors (Lipinski definition) is 2. The van der Waals surface area contributed by atoms with Crippen molar-refractivity contribution in [2.45, 2.75) is 24.6 Å². The molecule has 0 unspecified atom stereocenters. The van der Waals surface area contributed by atoms with Gasteiger partial charge in [-0.15, -0.1) is 0 Å². The summed E-state index contributed by atoms with van der Waals surface area (Å²) in [5, 5.41) is 11.2. The van der Waals surface area contributed by atoms with Crippen LogP contribution in [0.1, 0.15) is 23.5 Å². The van der Waals surface area contributed by atoms with Gasteiger partial charge in [0.1, 0.15) is 5.15 Å². The van der Waals surface area contributed by atoms with E-state index in [1.807, 2.05) is 0 Å². The van der Waals surface area contributed by atoms with E-state index >= 15 is 0 Å². The standard InChI is InChI=1S/C16H12ClF3N2O2/c17-14-10(11-7-13(11)22-15(23)24)4-5-12(21-14)8-2-1-3-9(6-8)16(18,19)20/h1-6,11,13,22H,7H2,(H,23,24)/t11-,13+/m0/s1. The van der Waals surface area contributed by atoms with E-state index in [2.05, 4.69) is 10.3 Å². The summed E-state index contributed by atoms with van der Waals surface area (Å²) in [4.78, 5) is 14.8. The lowest BCUT2D eigenvalue weighted by atomic mass is 10.1. The highest BCUT2D eigenvalue weighted by Crippen LogP contribution is 2.43. The molecule has 1 fully saturated rings. The molecular formula is C16H12ClF3N2O2. The maximum atomic E-state index is 12.8. The van der Waals surface area contributed by atoms with Crippen molar-refractivity contribution in [2.24, 2.45) is 0 Å². The number of carboxylic acid groups (broad SMARTS) is 1.